The molecular formula is C19H28BNO3. The molecule has 3 rings (SSSR count). The van der Waals surface area contributed by atoms with Crippen LogP contribution in [0, 0.1) is 6.92 Å². The first-order valence-electron chi connectivity index (χ1n) is 8.82. The summed E-state index contributed by atoms with van der Waals surface area (Å²) in [4.78, 5) is 12.5. The van der Waals surface area contributed by atoms with Crippen LogP contribution in [0.4, 0.5) is 0 Å². The molecule has 1 heterocycles. The second-order valence-electron chi connectivity index (χ2n) is 8.53. The lowest BCUT2D eigenvalue weighted by Gasteiger charge is -2.39. The molecule has 1 saturated heterocycles. The van der Waals surface area contributed by atoms with E-state index in [9.17, 15) is 4.79 Å². The molecule has 0 spiro atoms. The van der Waals surface area contributed by atoms with E-state index in [4.69, 9.17) is 9.31 Å². The van der Waals surface area contributed by atoms with Crippen LogP contribution in [-0.2, 0) is 9.31 Å². The fraction of sp³-hybridized carbons (Fsp3) is 0.632. The van der Waals surface area contributed by atoms with Crippen LogP contribution in [0.3, 0.4) is 0 Å². The SMILES string of the molecule is Cc1cc(C(=O)NC2(C)CCC2)ccc1B1OC(C)(C)C(C)(C)O1. The lowest BCUT2D eigenvalue weighted by molar-refractivity contribution is 0.00578. The van der Waals surface area contributed by atoms with Crippen molar-refractivity contribution in [1.82, 2.24) is 5.32 Å². The molecule has 5 heteroatoms. The van der Waals surface area contributed by atoms with Crippen molar-refractivity contribution in [3.05, 3.63) is 29.3 Å². The van der Waals surface area contributed by atoms with Crippen LogP contribution in [0.5, 0.6) is 0 Å². The minimum absolute atomic E-state index is 0.000711. The van der Waals surface area contributed by atoms with Crippen molar-refractivity contribution in [3.63, 3.8) is 0 Å². The average molecular weight is 329 g/mol. The third-order valence-electron chi connectivity index (χ3n) is 5.91. The van der Waals surface area contributed by atoms with Crippen molar-refractivity contribution in [2.45, 2.75) is 77.5 Å². The van der Waals surface area contributed by atoms with Crippen molar-refractivity contribution in [2.75, 3.05) is 0 Å². The van der Waals surface area contributed by atoms with Crippen LogP contribution in [-0.4, -0.2) is 29.8 Å². The lowest BCUT2D eigenvalue weighted by atomic mass is 9.75. The summed E-state index contributed by atoms with van der Waals surface area (Å²) in [6.07, 6.45) is 3.31. The number of carbonyl (C=O) groups excluding carboxylic acids is 1. The van der Waals surface area contributed by atoms with Crippen LogP contribution < -0.4 is 10.8 Å². The van der Waals surface area contributed by atoms with Gasteiger partial charge in [-0.2, -0.15) is 0 Å². The van der Waals surface area contributed by atoms with Crippen LogP contribution in [0.15, 0.2) is 18.2 Å². The third-order valence-corrected chi connectivity index (χ3v) is 5.91. The maximum absolute atomic E-state index is 12.5. The van der Waals surface area contributed by atoms with E-state index in [0.717, 1.165) is 23.9 Å². The number of carbonyl (C=O) groups is 1. The Morgan fingerprint density at radius 2 is 1.67 bits per heavy atom. The van der Waals surface area contributed by atoms with Gasteiger partial charge >= 0.3 is 7.12 Å². The summed E-state index contributed by atoms with van der Waals surface area (Å²) in [6, 6.07) is 5.75. The molecule has 24 heavy (non-hydrogen) atoms. The Labute approximate surface area is 145 Å². The molecule has 1 amide bonds. The Kier molecular flexibility index (Phi) is 4.08. The smallest absolute Gasteiger partial charge is 0.399 e. The largest absolute Gasteiger partial charge is 0.495 e. The standard InChI is InChI=1S/C19H28BNO3/c1-13-12-14(16(22)21-19(6)10-7-11-19)8-9-15(13)20-23-17(2,3)18(4,5)24-20/h8-9,12H,7,10-11H2,1-6H3,(H,21,22). The van der Waals surface area contributed by atoms with Gasteiger partial charge in [0, 0.05) is 11.1 Å². The zero-order chi connectivity index (χ0) is 17.8. The molecule has 1 saturated carbocycles. The molecule has 0 bridgehead atoms. The fourth-order valence-corrected chi connectivity index (χ4v) is 3.23. The second-order valence-corrected chi connectivity index (χ2v) is 8.53. The molecule has 1 N–H and O–H groups in total. The molecule has 0 unspecified atom stereocenters. The van der Waals surface area contributed by atoms with Crippen LogP contribution >= 0.6 is 0 Å². The molecule has 1 aromatic rings. The summed E-state index contributed by atoms with van der Waals surface area (Å²) in [5, 5.41) is 3.15. The first-order chi connectivity index (χ1) is 11.0. The fourth-order valence-electron chi connectivity index (χ4n) is 3.23. The lowest BCUT2D eigenvalue weighted by Crippen LogP contribution is -2.51. The number of benzene rings is 1. The van der Waals surface area contributed by atoms with Gasteiger partial charge in [-0.25, -0.2) is 0 Å². The molecule has 0 aromatic heterocycles. The van der Waals surface area contributed by atoms with E-state index in [-0.39, 0.29) is 22.6 Å². The maximum Gasteiger partial charge on any atom is 0.495 e. The first-order valence-corrected chi connectivity index (χ1v) is 8.82. The topological polar surface area (TPSA) is 47.6 Å². The molecular weight excluding hydrogens is 301 g/mol. The van der Waals surface area contributed by atoms with Gasteiger partial charge in [0.05, 0.1) is 11.2 Å². The molecule has 1 aliphatic heterocycles. The molecule has 0 radical (unpaired) electrons. The second kappa shape index (κ2) is 5.60. The predicted octanol–water partition coefficient (Wildman–Crippen LogP) is 2.97. The van der Waals surface area contributed by atoms with Gasteiger partial charge < -0.3 is 14.6 Å². The summed E-state index contributed by atoms with van der Waals surface area (Å²) < 4.78 is 12.2. The van der Waals surface area contributed by atoms with Gasteiger partial charge in [-0.05, 0) is 78.4 Å². The number of hydrogen-bond donors (Lipinski definition) is 1. The summed E-state index contributed by atoms with van der Waals surface area (Å²) >= 11 is 0. The molecule has 1 aliphatic carbocycles. The van der Waals surface area contributed by atoms with E-state index in [1.807, 2.05) is 52.8 Å². The number of amides is 1. The minimum atomic E-state index is -0.392. The van der Waals surface area contributed by atoms with Crippen molar-refractivity contribution < 1.29 is 14.1 Å². The van der Waals surface area contributed by atoms with Gasteiger partial charge in [-0.3, -0.25) is 4.79 Å². The summed E-state index contributed by atoms with van der Waals surface area (Å²) in [7, 11) is -0.392. The third kappa shape index (κ3) is 3.00. The Morgan fingerprint density at radius 1 is 1.08 bits per heavy atom. The van der Waals surface area contributed by atoms with E-state index >= 15 is 0 Å². The highest BCUT2D eigenvalue weighted by Crippen LogP contribution is 2.36. The monoisotopic (exact) mass is 329 g/mol. The van der Waals surface area contributed by atoms with E-state index in [2.05, 4.69) is 12.2 Å². The Bertz CT molecular complexity index is 649. The Balaban J connectivity index is 1.77. The highest BCUT2D eigenvalue weighted by molar-refractivity contribution is 6.62. The molecule has 130 valence electrons. The van der Waals surface area contributed by atoms with Gasteiger partial charge in [-0.1, -0.05) is 11.6 Å². The van der Waals surface area contributed by atoms with Gasteiger partial charge in [0.25, 0.3) is 5.91 Å². The van der Waals surface area contributed by atoms with Crippen LogP contribution in [0.1, 0.15) is 69.8 Å². The molecule has 2 fully saturated rings. The zero-order valence-corrected chi connectivity index (χ0v) is 15.7. The molecule has 2 aliphatic rings. The highest BCUT2D eigenvalue weighted by Gasteiger charge is 2.52. The Hall–Kier alpha value is -1.33. The van der Waals surface area contributed by atoms with E-state index in [1.54, 1.807) is 0 Å². The average Bonchev–Trinajstić information content (AvgIpc) is 2.65. The quantitative estimate of drug-likeness (QED) is 0.868. The van der Waals surface area contributed by atoms with Crippen molar-refractivity contribution in [1.29, 1.82) is 0 Å². The van der Waals surface area contributed by atoms with Crippen molar-refractivity contribution in [3.8, 4) is 0 Å². The number of rotatable bonds is 3. The normalized spacial score (nSPS) is 23.7. The number of hydrogen-bond acceptors (Lipinski definition) is 3. The predicted molar refractivity (Wildman–Crippen MR) is 96.6 cm³/mol. The highest BCUT2D eigenvalue weighted by atomic mass is 16.7. The van der Waals surface area contributed by atoms with Gasteiger partial charge in [0.15, 0.2) is 0 Å². The van der Waals surface area contributed by atoms with E-state index in [1.165, 1.54) is 6.42 Å². The minimum Gasteiger partial charge on any atom is -0.399 e. The summed E-state index contributed by atoms with van der Waals surface area (Å²) in [6.45, 7) is 12.3. The first kappa shape index (κ1) is 17.5. The van der Waals surface area contributed by atoms with Gasteiger partial charge in [-0.15, -0.1) is 0 Å². The van der Waals surface area contributed by atoms with Crippen molar-refractivity contribution in [2.24, 2.45) is 0 Å². The van der Waals surface area contributed by atoms with Crippen LogP contribution in [0.25, 0.3) is 0 Å². The van der Waals surface area contributed by atoms with Gasteiger partial charge in [0.2, 0.25) is 0 Å². The number of nitrogens with one attached hydrogen (secondary N) is 1. The maximum atomic E-state index is 12.5. The number of aryl methyl sites for hydroxylation is 1. The summed E-state index contributed by atoms with van der Waals surface area (Å²) in [5.41, 5.74) is 1.94. The molecule has 1 aromatic carbocycles. The molecule has 4 nitrogen and oxygen atoms in total. The van der Waals surface area contributed by atoms with Gasteiger partial charge in [0.1, 0.15) is 0 Å². The Morgan fingerprint density at radius 3 is 2.12 bits per heavy atom. The summed E-state index contributed by atoms with van der Waals surface area (Å²) in [5.74, 6) is 0.000711. The van der Waals surface area contributed by atoms with Crippen molar-refractivity contribution >= 4 is 18.5 Å². The van der Waals surface area contributed by atoms with E-state index in [0.29, 0.717) is 5.56 Å². The zero-order valence-electron chi connectivity index (χ0n) is 15.7. The van der Waals surface area contributed by atoms with Crippen LogP contribution in [0.2, 0.25) is 0 Å². The van der Waals surface area contributed by atoms with E-state index < -0.39 is 7.12 Å². The molecule has 0 atom stereocenters.